The number of rotatable bonds is 3. The quantitative estimate of drug-likeness (QED) is 0.798. The number of Topliss-reactive ketones (excluding diaryl/α,β-unsaturated/α-hetero) is 1. The first-order chi connectivity index (χ1) is 6.49. The van der Waals surface area contributed by atoms with Gasteiger partial charge in [0.1, 0.15) is 5.78 Å². The van der Waals surface area contributed by atoms with Crippen LogP contribution in [0.25, 0.3) is 0 Å². The molecule has 0 aliphatic carbocycles. The van der Waals surface area contributed by atoms with E-state index in [2.05, 4.69) is 0 Å². The summed E-state index contributed by atoms with van der Waals surface area (Å²) in [6, 6.07) is 5.88. The van der Waals surface area contributed by atoms with E-state index in [4.69, 9.17) is 0 Å². The van der Waals surface area contributed by atoms with Crippen molar-refractivity contribution in [2.75, 3.05) is 0 Å². The topological polar surface area (TPSA) is 37.3 Å². The molecule has 0 fully saturated rings. The van der Waals surface area contributed by atoms with Crippen LogP contribution in [-0.4, -0.2) is 10.9 Å². The zero-order chi connectivity index (χ0) is 10.7. The summed E-state index contributed by atoms with van der Waals surface area (Å²) >= 11 is 0. The number of benzene rings is 1. The summed E-state index contributed by atoms with van der Waals surface area (Å²) in [5.74, 6) is 0.0108. The van der Waals surface area contributed by atoms with Gasteiger partial charge in [0.2, 0.25) is 0 Å². The van der Waals surface area contributed by atoms with Crippen LogP contribution in [0, 0.1) is 13.8 Å². The lowest BCUT2D eigenvalue weighted by atomic mass is 10.0. The molecular weight excluding hydrogens is 176 g/mol. The fourth-order valence-corrected chi connectivity index (χ4v) is 1.59. The first-order valence-electron chi connectivity index (χ1n) is 4.74. The molecule has 0 amide bonds. The maximum atomic E-state index is 10.8. The van der Waals surface area contributed by atoms with Crippen molar-refractivity contribution >= 4 is 5.78 Å². The number of ketones is 1. The molecule has 0 aliphatic heterocycles. The van der Waals surface area contributed by atoms with E-state index in [1.807, 2.05) is 32.0 Å². The smallest absolute Gasteiger partial charge is 0.132 e. The Labute approximate surface area is 84.6 Å². The number of aryl methyl sites for hydroxylation is 2. The van der Waals surface area contributed by atoms with Crippen molar-refractivity contribution in [2.45, 2.75) is 33.3 Å². The summed E-state index contributed by atoms with van der Waals surface area (Å²) < 4.78 is 0. The van der Waals surface area contributed by atoms with Crippen LogP contribution in [0.5, 0.6) is 0 Å². The lowest BCUT2D eigenvalue weighted by Gasteiger charge is -2.10. The minimum absolute atomic E-state index is 0.0108. The van der Waals surface area contributed by atoms with Crippen LogP contribution in [0.2, 0.25) is 0 Å². The molecule has 1 N–H and O–H groups in total. The molecule has 1 atom stereocenters. The molecule has 1 rings (SSSR count). The lowest BCUT2D eigenvalue weighted by molar-refractivity contribution is -0.118. The van der Waals surface area contributed by atoms with Crippen LogP contribution >= 0.6 is 0 Å². The second-order valence-corrected chi connectivity index (χ2v) is 3.84. The first-order valence-corrected chi connectivity index (χ1v) is 4.74. The Morgan fingerprint density at radius 3 is 2.21 bits per heavy atom. The Kier molecular flexibility index (Phi) is 3.42. The predicted molar refractivity (Wildman–Crippen MR) is 56.2 cm³/mol. The zero-order valence-corrected chi connectivity index (χ0v) is 8.87. The Balaban J connectivity index is 2.89. The number of aliphatic hydroxyl groups is 1. The molecule has 0 spiro atoms. The largest absolute Gasteiger partial charge is 0.388 e. The number of hydrogen-bond acceptors (Lipinski definition) is 2. The Bertz CT molecular complexity index is 322. The first kappa shape index (κ1) is 10.9. The van der Waals surface area contributed by atoms with Crippen molar-refractivity contribution in [3.8, 4) is 0 Å². The fraction of sp³-hybridized carbons (Fsp3) is 0.417. The van der Waals surface area contributed by atoms with Crippen LogP contribution < -0.4 is 0 Å². The van der Waals surface area contributed by atoms with E-state index in [1.165, 1.54) is 6.92 Å². The van der Waals surface area contributed by atoms with Gasteiger partial charge in [-0.25, -0.2) is 0 Å². The van der Waals surface area contributed by atoms with Gasteiger partial charge in [0.15, 0.2) is 0 Å². The molecule has 76 valence electrons. The lowest BCUT2D eigenvalue weighted by Crippen LogP contribution is -2.03. The number of carbonyl (C=O) groups is 1. The van der Waals surface area contributed by atoms with Gasteiger partial charge in [-0.2, -0.15) is 0 Å². The van der Waals surface area contributed by atoms with E-state index in [1.54, 1.807) is 0 Å². The summed E-state index contributed by atoms with van der Waals surface area (Å²) in [7, 11) is 0. The second kappa shape index (κ2) is 4.38. The van der Waals surface area contributed by atoms with Gasteiger partial charge in [-0.15, -0.1) is 0 Å². The van der Waals surface area contributed by atoms with Gasteiger partial charge in [0.25, 0.3) is 0 Å². The fourth-order valence-electron chi connectivity index (χ4n) is 1.59. The van der Waals surface area contributed by atoms with E-state index in [0.717, 1.165) is 16.7 Å². The highest BCUT2D eigenvalue weighted by atomic mass is 16.3. The number of carbonyl (C=O) groups excluding carboxylic acids is 1. The minimum Gasteiger partial charge on any atom is -0.388 e. The van der Waals surface area contributed by atoms with Gasteiger partial charge >= 0.3 is 0 Å². The van der Waals surface area contributed by atoms with E-state index in [-0.39, 0.29) is 12.2 Å². The summed E-state index contributed by atoms with van der Waals surface area (Å²) in [5, 5.41) is 9.72. The summed E-state index contributed by atoms with van der Waals surface area (Å²) in [4.78, 5) is 10.8. The Morgan fingerprint density at radius 2 is 1.79 bits per heavy atom. The highest BCUT2D eigenvalue weighted by Gasteiger charge is 2.10. The van der Waals surface area contributed by atoms with Crippen LogP contribution in [-0.2, 0) is 4.79 Å². The molecule has 2 heteroatoms. The van der Waals surface area contributed by atoms with Gasteiger partial charge in [0, 0.05) is 6.42 Å². The summed E-state index contributed by atoms with van der Waals surface area (Å²) in [6.45, 7) is 5.46. The third kappa shape index (κ3) is 2.96. The van der Waals surface area contributed by atoms with Gasteiger partial charge < -0.3 is 5.11 Å². The van der Waals surface area contributed by atoms with Crippen molar-refractivity contribution < 1.29 is 9.90 Å². The average Bonchev–Trinajstić information content (AvgIpc) is 2.00. The third-order valence-corrected chi connectivity index (χ3v) is 2.11. The Morgan fingerprint density at radius 1 is 1.29 bits per heavy atom. The molecule has 1 aromatic carbocycles. The molecule has 14 heavy (non-hydrogen) atoms. The molecule has 0 aromatic heterocycles. The standard InChI is InChI=1S/C12H16O2/c1-8-4-9(2)6-11(5-8)12(14)7-10(3)13/h4-6,12,14H,7H2,1-3H3/t12-/m1/s1. The minimum atomic E-state index is -0.661. The van der Waals surface area contributed by atoms with Crippen LogP contribution in [0.15, 0.2) is 18.2 Å². The molecule has 0 unspecified atom stereocenters. The monoisotopic (exact) mass is 192 g/mol. The predicted octanol–water partition coefficient (Wildman–Crippen LogP) is 2.32. The SMILES string of the molecule is CC(=O)C[C@@H](O)c1cc(C)cc(C)c1. The molecule has 0 heterocycles. The van der Waals surface area contributed by atoms with Crippen molar-refractivity contribution in [1.82, 2.24) is 0 Å². The van der Waals surface area contributed by atoms with Crippen LogP contribution in [0.4, 0.5) is 0 Å². The van der Waals surface area contributed by atoms with Gasteiger partial charge in [-0.3, -0.25) is 4.79 Å². The maximum absolute atomic E-state index is 10.8. The van der Waals surface area contributed by atoms with E-state index in [0.29, 0.717) is 0 Å². The molecule has 0 bridgehead atoms. The van der Waals surface area contributed by atoms with E-state index in [9.17, 15) is 9.90 Å². The van der Waals surface area contributed by atoms with Crippen molar-refractivity contribution in [1.29, 1.82) is 0 Å². The average molecular weight is 192 g/mol. The van der Waals surface area contributed by atoms with Crippen LogP contribution in [0.1, 0.15) is 36.1 Å². The van der Waals surface area contributed by atoms with Gasteiger partial charge in [0.05, 0.1) is 6.10 Å². The van der Waals surface area contributed by atoms with E-state index >= 15 is 0 Å². The molecule has 2 nitrogen and oxygen atoms in total. The van der Waals surface area contributed by atoms with Crippen molar-refractivity contribution in [3.63, 3.8) is 0 Å². The number of aliphatic hydroxyl groups excluding tert-OH is 1. The third-order valence-electron chi connectivity index (χ3n) is 2.11. The second-order valence-electron chi connectivity index (χ2n) is 3.84. The number of hydrogen-bond donors (Lipinski definition) is 1. The van der Waals surface area contributed by atoms with Gasteiger partial charge in [-0.1, -0.05) is 29.3 Å². The molecule has 0 saturated carbocycles. The summed E-state index contributed by atoms with van der Waals surface area (Å²) in [5.41, 5.74) is 3.06. The highest BCUT2D eigenvalue weighted by molar-refractivity contribution is 5.76. The van der Waals surface area contributed by atoms with Gasteiger partial charge in [-0.05, 0) is 26.3 Å². The van der Waals surface area contributed by atoms with Crippen molar-refractivity contribution in [2.24, 2.45) is 0 Å². The molecule has 0 saturated heterocycles. The van der Waals surface area contributed by atoms with Crippen LogP contribution in [0.3, 0.4) is 0 Å². The summed E-state index contributed by atoms with van der Waals surface area (Å²) in [6.07, 6.45) is -0.464. The van der Waals surface area contributed by atoms with E-state index < -0.39 is 6.10 Å². The maximum Gasteiger partial charge on any atom is 0.132 e. The molecule has 0 radical (unpaired) electrons. The normalized spacial score (nSPS) is 12.6. The molecule has 1 aromatic rings. The Hall–Kier alpha value is -1.15. The van der Waals surface area contributed by atoms with Crippen molar-refractivity contribution in [3.05, 3.63) is 34.9 Å². The molecule has 0 aliphatic rings. The molecular formula is C12H16O2. The zero-order valence-electron chi connectivity index (χ0n) is 8.87. The highest BCUT2D eigenvalue weighted by Crippen LogP contribution is 2.19.